The van der Waals surface area contributed by atoms with Gasteiger partial charge in [-0.2, -0.15) is 0 Å². The number of rotatable bonds is 12. The van der Waals surface area contributed by atoms with Crippen LogP contribution in [0.25, 0.3) is 0 Å². The van der Waals surface area contributed by atoms with E-state index in [1.807, 2.05) is 42.5 Å². The first-order valence-electron chi connectivity index (χ1n) is 13.0. The van der Waals surface area contributed by atoms with Gasteiger partial charge in [0.05, 0.1) is 24.3 Å². The summed E-state index contributed by atoms with van der Waals surface area (Å²) in [6.45, 7) is 4.84. The Bertz CT molecular complexity index is 1380. The minimum atomic E-state index is -0.466. The summed E-state index contributed by atoms with van der Waals surface area (Å²) in [5.74, 6) is 0.635. The summed E-state index contributed by atoms with van der Waals surface area (Å²) < 4.78 is 21.7. The minimum absolute atomic E-state index is 0.0799. The van der Waals surface area contributed by atoms with Gasteiger partial charge in [-0.25, -0.2) is 9.59 Å². The lowest BCUT2D eigenvalue weighted by Gasteiger charge is -2.26. The van der Waals surface area contributed by atoms with Crippen LogP contribution in [0.15, 0.2) is 103 Å². The number of phenols is 1. The molecule has 4 aromatic rings. The fraction of sp³-hybridized carbons (Fsp3) is 0.212. The van der Waals surface area contributed by atoms with Gasteiger partial charge in [0.25, 0.3) is 0 Å². The van der Waals surface area contributed by atoms with Gasteiger partial charge in [-0.1, -0.05) is 56.3 Å². The number of benzene rings is 4. The molecule has 0 amide bonds. The summed E-state index contributed by atoms with van der Waals surface area (Å²) in [5, 5.41) is 9.57. The van der Waals surface area contributed by atoms with E-state index in [0.717, 1.165) is 11.1 Å². The highest BCUT2D eigenvalue weighted by atomic mass is 16.6. The van der Waals surface area contributed by atoms with E-state index in [-0.39, 0.29) is 37.6 Å². The van der Waals surface area contributed by atoms with Crippen LogP contribution in [0.2, 0.25) is 0 Å². The van der Waals surface area contributed by atoms with E-state index in [2.05, 4.69) is 13.8 Å². The average Bonchev–Trinajstić information content (AvgIpc) is 2.98. The van der Waals surface area contributed by atoms with Crippen molar-refractivity contribution in [1.29, 1.82) is 0 Å². The van der Waals surface area contributed by atoms with Crippen molar-refractivity contribution in [2.24, 2.45) is 0 Å². The third-order valence-electron chi connectivity index (χ3n) is 6.42. The van der Waals surface area contributed by atoms with Gasteiger partial charge in [-0.05, 0) is 71.8 Å². The van der Waals surface area contributed by atoms with E-state index < -0.39 is 11.9 Å². The number of carbonyl (C=O) groups is 2. The molecule has 0 radical (unpaired) electrons. The summed E-state index contributed by atoms with van der Waals surface area (Å²) in [5.41, 5.74) is 2.85. The van der Waals surface area contributed by atoms with E-state index in [1.165, 1.54) is 0 Å². The number of hydrogen-bond donors (Lipinski definition) is 1. The fourth-order valence-electron chi connectivity index (χ4n) is 4.01. The van der Waals surface area contributed by atoms with Crippen LogP contribution in [0.3, 0.4) is 0 Å². The zero-order valence-corrected chi connectivity index (χ0v) is 22.5. The highest BCUT2D eigenvalue weighted by Gasteiger charge is 2.23. The van der Waals surface area contributed by atoms with Gasteiger partial charge in [-0.15, -0.1) is 0 Å². The maximum Gasteiger partial charge on any atom is 0.338 e. The van der Waals surface area contributed by atoms with Gasteiger partial charge in [0, 0.05) is 5.41 Å². The second-order valence-electron chi connectivity index (χ2n) is 9.57. The molecule has 0 aliphatic rings. The predicted octanol–water partition coefficient (Wildman–Crippen LogP) is 6.54. The van der Waals surface area contributed by atoms with E-state index in [9.17, 15) is 14.7 Å². The molecule has 0 bridgehead atoms. The monoisotopic (exact) mass is 540 g/mol. The molecule has 0 aliphatic heterocycles. The number of aromatic hydroxyl groups is 1. The molecule has 206 valence electrons. The molecule has 1 N–H and O–H groups in total. The molecule has 0 spiro atoms. The molecule has 7 nitrogen and oxygen atoms in total. The summed E-state index contributed by atoms with van der Waals surface area (Å²) in [7, 11) is 0. The third kappa shape index (κ3) is 7.71. The Morgan fingerprint density at radius 3 is 1.57 bits per heavy atom. The normalized spacial score (nSPS) is 11.1. The molecule has 0 saturated carbocycles. The molecular formula is C33H32O7. The Kier molecular flexibility index (Phi) is 9.54. The average molecular weight is 541 g/mol. The van der Waals surface area contributed by atoms with E-state index in [4.69, 9.17) is 18.9 Å². The van der Waals surface area contributed by atoms with E-state index >= 15 is 0 Å². The van der Waals surface area contributed by atoms with Crippen LogP contribution in [0.5, 0.6) is 17.2 Å². The van der Waals surface area contributed by atoms with Crippen molar-refractivity contribution in [1.82, 2.24) is 0 Å². The van der Waals surface area contributed by atoms with Gasteiger partial charge in [-0.3, -0.25) is 0 Å². The van der Waals surface area contributed by atoms with Gasteiger partial charge in [0.1, 0.15) is 30.5 Å². The van der Waals surface area contributed by atoms with Crippen LogP contribution >= 0.6 is 0 Å². The number of phenolic OH excluding ortho intramolecular Hbond substituents is 1. The number of hydrogen-bond acceptors (Lipinski definition) is 7. The molecule has 0 aromatic heterocycles. The van der Waals surface area contributed by atoms with Gasteiger partial charge in [0.15, 0.2) is 0 Å². The van der Waals surface area contributed by atoms with Crippen molar-refractivity contribution in [2.45, 2.75) is 19.3 Å². The Labute approximate surface area is 233 Å². The van der Waals surface area contributed by atoms with Crippen molar-refractivity contribution >= 4 is 11.9 Å². The third-order valence-corrected chi connectivity index (χ3v) is 6.42. The summed E-state index contributed by atoms with van der Waals surface area (Å²) >= 11 is 0. The topological polar surface area (TPSA) is 91.3 Å². The van der Waals surface area contributed by atoms with Gasteiger partial charge >= 0.3 is 11.9 Å². The maximum absolute atomic E-state index is 12.3. The molecule has 4 rings (SSSR count). The molecule has 0 atom stereocenters. The Morgan fingerprint density at radius 1 is 0.600 bits per heavy atom. The van der Waals surface area contributed by atoms with Gasteiger partial charge < -0.3 is 24.1 Å². The number of esters is 2. The Hall–Kier alpha value is -4.62. The van der Waals surface area contributed by atoms with Crippen LogP contribution in [0.4, 0.5) is 0 Å². The second-order valence-corrected chi connectivity index (χ2v) is 9.57. The lowest BCUT2D eigenvalue weighted by Crippen LogP contribution is -2.18. The van der Waals surface area contributed by atoms with Crippen molar-refractivity contribution in [3.63, 3.8) is 0 Å². The van der Waals surface area contributed by atoms with E-state index in [1.54, 1.807) is 60.7 Å². The molecule has 0 unspecified atom stereocenters. The zero-order valence-electron chi connectivity index (χ0n) is 22.5. The van der Waals surface area contributed by atoms with Crippen molar-refractivity contribution in [2.75, 3.05) is 26.4 Å². The van der Waals surface area contributed by atoms with Crippen LogP contribution in [0.1, 0.15) is 45.7 Å². The van der Waals surface area contributed by atoms with Crippen LogP contribution in [-0.2, 0) is 19.6 Å². The first-order valence-corrected chi connectivity index (χ1v) is 13.0. The van der Waals surface area contributed by atoms with Crippen molar-refractivity contribution in [3.05, 3.63) is 125 Å². The number of ether oxygens (including phenoxy) is 4. The van der Waals surface area contributed by atoms with Crippen LogP contribution in [0, 0.1) is 0 Å². The summed E-state index contributed by atoms with van der Waals surface area (Å²) in [6, 6.07) is 30.5. The SMILES string of the molecule is CC(C)(c1ccc(O)cc1)c1ccc(Oc2ccc(C(=O)OCCOCCOC(=O)c3ccccc3)cc2)cc1. The molecule has 4 aromatic carbocycles. The highest BCUT2D eigenvalue weighted by Crippen LogP contribution is 2.34. The molecule has 40 heavy (non-hydrogen) atoms. The standard InChI is InChI=1S/C33H32O7/c1-33(2,26-10-14-28(34)15-11-26)27-12-18-30(19-13-27)40-29-16-8-25(9-17-29)32(36)39-23-21-37-20-22-38-31(35)24-6-4-3-5-7-24/h3-19,34H,20-23H2,1-2H3. The van der Waals surface area contributed by atoms with Crippen LogP contribution in [-0.4, -0.2) is 43.5 Å². The molecule has 0 fully saturated rings. The fourth-order valence-corrected chi connectivity index (χ4v) is 4.01. The first-order chi connectivity index (χ1) is 19.3. The number of carbonyl (C=O) groups excluding carboxylic acids is 2. The lowest BCUT2D eigenvalue weighted by atomic mass is 9.78. The molecular weight excluding hydrogens is 508 g/mol. The molecule has 0 heterocycles. The molecule has 0 aliphatic carbocycles. The Morgan fingerprint density at radius 2 is 1.05 bits per heavy atom. The van der Waals surface area contributed by atoms with Crippen molar-refractivity contribution < 1.29 is 33.6 Å². The second kappa shape index (κ2) is 13.4. The smallest absolute Gasteiger partial charge is 0.338 e. The van der Waals surface area contributed by atoms with Gasteiger partial charge in [0.2, 0.25) is 0 Å². The predicted molar refractivity (Wildman–Crippen MR) is 151 cm³/mol. The Balaban J connectivity index is 1.18. The largest absolute Gasteiger partial charge is 0.508 e. The summed E-state index contributed by atoms with van der Waals surface area (Å²) in [6.07, 6.45) is 0. The first kappa shape index (κ1) is 28.4. The molecule has 7 heteroatoms. The zero-order chi connectivity index (χ0) is 28.4. The minimum Gasteiger partial charge on any atom is -0.508 e. The summed E-state index contributed by atoms with van der Waals surface area (Å²) in [4.78, 5) is 24.2. The lowest BCUT2D eigenvalue weighted by molar-refractivity contribution is 0.0151. The molecule has 0 saturated heterocycles. The highest BCUT2D eigenvalue weighted by molar-refractivity contribution is 5.89. The quantitative estimate of drug-likeness (QED) is 0.161. The maximum atomic E-state index is 12.3. The van der Waals surface area contributed by atoms with Crippen molar-refractivity contribution in [3.8, 4) is 17.2 Å². The van der Waals surface area contributed by atoms with Crippen LogP contribution < -0.4 is 4.74 Å². The van der Waals surface area contributed by atoms with E-state index in [0.29, 0.717) is 22.6 Å².